The van der Waals surface area contributed by atoms with Crippen molar-refractivity contribution in [1.29, 1.82) is 0 Å². The fraction of sp³-hybridized carbons (Fsp3) is 0.267. The number of hydrogen-bond acceptors (Lipinski definition) is 5. The first kappa shape index (κ1) is 18.1. The molecule has 0 fully saturated rings. The largest absolute Gasteiger partial charge is 0.550 e. The van der Waals surface area contributed by atoms with Crippen molar-refractivity contribution in [3.63, 3.8) is 0 Å². The molecule has 0 atom stereocenters. The van der Waals surface area contributed by atoms with Crippen LogP contribution >= 0.6 is 23.2 Å². The quantitative estimate of drug-likeness (QED) is 0.763. The Morgan fingerprint density at radius 2 is 2.12 bits per heavy atom. The van der Waals surface area contributed by atoms with Gasteiger partial charge in [0, 0.05) is 18.7 Å². The second kappa shape index (κ2) is 8.56. The molecular formula is C15H14Cl2N3O4-. The number of halogens is 2. The van der Waals surface area contributed by atoms with Crippen LogP contribution in [0.5, 0.6) is 5.75 Å². The first-order valence-electron chi connectivity index (χ1n) is 7.04. The number of nitrogens with zero attached hydrogens (tertiary/aromatic N) is 2. The topological polar surface area (TPSA) is 96.3 Å². The monoisotopic (exact) mass is 370 g/mol. The smallest absolute Gasteiger partial charge is 0.262 e. The minimum absolute atomic E-state index is 0.0458. The maximum Gasteiger partial charge on any atom is 0.262 e. The van der Waals surface area contributed by atoms with Gasteiger partial charge in [0.1, 0.15) is 10.8 Å². The Balaban J connectivity index is 1.81. The van der Waals surface area contributed by atoms with Crippen LogP contribution in [0.3, 0.4) is 0 Å². The van der Waals surface area contributed by atoms with Crippen molar-refractivity contribution in [3.05, 3.63) is 40.6 Å². The van der Waals surface area contributed by atoms with Crippen LogP contribution in [-0.2, 0) is 16.1 Å². The zero-order chi connectivity index (χ0) is 17.5. The molecule has 0 radical (unpaired) electrons. The van der Waals surface area contributed by atoms with Gasteiger partial charge in [-0.05, 0) is 25.0 Å². The maximum absolute atomic E-state index is 11.9. The molecule has 0 aliphatic rings. The van der Waals surface area contributed by atoms with Gasteiger partial charge < -0.3 is 20.0 Å². The van der Waals surface area contributed by atoms with Crippen LogP contribution in [0.15, 0.2) is 30.6 Å². The average Bonchev–Trinajstić information content (AvgIpc) is 2.96. The van der Waals surface area contributed by atoms with Gasteiger partial charge in [-0.25, -0.2) is 0 Å². The summed E-state index contributed by atoms with van der Waals surface area (Å²) in [6.45, 7) is 0.175. The highest BCUT2D eigenvalue weighted by molar-refractivity contribution is 6.42. The average molecular weight is 371 g/mol. The molecular weight excluding hydrogens is 357 g/mol. The SMILES string of the molecule is O=C([O-])CCCn1cc(NC(=O)COc2cccc(Cl)c2Cl)cn1. The summed E-state index contributed by atoms with van der Waals surface area (Å²) in [5, 5.41) is 17.6. The molecule has 24 heavy (non-hydrogen) atoms. The van der Waals surface area contributed by atoms with Gasteiger partial charge in [-0.15, -0.1) is 0 Å². The van der Waals surface area contributed by atoms with Gasteiger partial charge in [-0.3, -0.25) is 9.48 Å². The Hall–Kier alpha value is -2.25. The van der Waals surface area contributed by atoms with E-state index in [-0.39, 0.29) is 24.0 Å². The number of carboxylic acid groups (broad SMARTS) is 1. The lowest BCUT2D eigenvalue weighted by molar-refractivity contribution is -0.305. The number of carboxylic acids is 1. The van der Waals surface area contributed by atoms with Crippen LogP contribution in [0.25, 0.3) is 0 Å². The molecule has 7 nitrogen and oxygen atoms in total. The van der Waals surface area contributed by atoms with E-state index in [1.165, 1.54) is 10.9 Å². The van der Waals surface area contributed by atoms with Crippen molar-refractivity contribution in [2.24, 2.45) is 0 Å². The summed E-state index contributed by atoms with van der Waals surface area (Å²) in [7, 11) is 0. The number of carbonyl (C=O) groups excluding carboxylic acids is 2. The van der Waals surface area contributed by atoms with Gasteiger partial charge in [0.25, 0.3) is 5.91 Å². The van der Waals surface area contributed by atoms with Gasteiger partial charge >= 0.3 is 0 Å². The van der Waals surface area contributed by atoms with Crippen LogP contribution < -0.4 is 15.2 Å². The minimum Gasteiger partial charge on any atom is -0.550 e. The minimum atomic E-state index is -1.10. The van der Waals surface area contributed by atoms with Crippen LogP contribution in [0, 0.1) is 0 Å². The van der Waals surface area contributed by atoms with Crippen molar-refractivity contribution >= 4 is 40.8 Å². The van der Waals surface area contributed by atoms with E-state index in [1.54, 1.807) is 24.4 Å². The van der Waals surface area contributed by atoms with E-state index in [1.807, 2.05) is 0 Å². The van der Waals surface area contributed by atoms with Gasteiger partial charge in [0.15, 0.2) is 6.61 Å². The van der Waals surface area contributed by atoms with E-state index in [0.29, 0.717) is 29.4 Å². The molecule has 2 aromatic rings. The van der Waals surface area contributed by atoms with Gasteiger partial charge in [-0.1, -0.05) is 29.3 Å². The molecule has 0 aliphatic carbocycles. The number of carbonyl (C=O) groups is 2. The van der Waals surface area contributed by atoms with Crippen LogP contribution in [0.4, 0.5) is 5.69 Å². The Morgan fingerprint density at radius 1 is 1.33 bits per heavy atom. The van der Waals surface area contributed by atoms with E-state index in [4.69, 9.17) is 27.9 Å². The van der Waals surface area contributed by atoms with E-state index >= 15 is 0 Å². The zero-order valence-corrected chi connectivity index (χ0v) is 14.0. The second-order valence-corrected chi connectivity index (χ2v) is 5.64. The predicted octanol–water partition coefficient (Wildman–Crippen LogP) is 1.74. The van der Waals surface area contributed by atoms with Crippen LogP contribution in [0.2, 0.25) is 10.0 Å². The molecule has 0 unspecified atom stereocenters. The van der Waals surface area contributed by atoms with Crippen LogP contribution in [-0.4, -0.2) is 28.3 Å². The number of rotatable bonds is 8. The lowest BCUT2D eigenvalue weighted by Gasteiger charge is -2.08. The molecule has 1 heterocycles. The number of aliphatic carboxylic acids is 1. The maximum atomic E-state index is 11.9. The number of amides is 1. The Bertz CT molecular complexity index is 733. The van der Waals surface area contributed by atoms with E-state index in [0.717, 1.165) is 0 Å². The van der Waals surface area contributed by atoms with Crippen molar-refractivity contribution < 1.29 is 19.4 Å². The third-order valence-corrected chi connectivity index (χ3v) is 3.76. The standard InChI is InChI=1S/C15H15Cl2N3O4/c16-11-3-1-4-12(15(11)17)24-9-13(21)19-10-7-18-20(8-10)6-2-5-14(22)23/h1,3-4,7-8H,2,5-6,9H2,(H,19,21)(H,22,23)/p-1. The fourth-order valence-electron chi connectivity index (χ4n) is 1.87. The molecule has 1 aromatic heterocycles. The van der Waals surface area contributed by atoms with Crippen LogP contribution in [0.1, 0.15) is 12.8 Å². The highest BCUT2D eigenvalue weighted by Crippen LogP contribution is 2.31. The molecule has 0 bridgehead atoms. The van der Waals surface area contributed by atoms with Crippen molar-refractivity contribution in [2.75, 3.05) is 11.9 Å². The van der Waals surface area contributed by atoms with Crippen molar-refractivity contribution in [3.8, 4) is 5.75 Å². The molecule has 0 spiro atoms. The fourth-order valence-corrected chi connectivity index (χ4v) is 2.22. The first-order valence-corrected chi connectivity index (χ1v) is 7.80. The predicted molar refractivity (Wildman–Crippen MR) is 87.1 cm³/mol. The lowest BCUT2D eigenvalue weighted by Crippen LogP contribution is -2.22. The number of aromatic nitrogens is 2. The lowest BCUT2D eigenvalue weighted by atomic mass is 10.3. The molecule has 1 amide bonds. The highest BCUT2D eigenvalue weighted by atomic mass is 35.5. The van der Waals surface area contributed by atoms with Gasteiger partial charge in [0.05, 0.1) is 16.9 Å². The summed E-state index contributed by atoms with van der Waals surface area (Å²) in [5.74, 6) is -1.18. The molecule has 128 valence electrons. The molecule has 1 N–H and O–H groups in total. The Labute approximate surface area is 148 Å². The second-order valence-electron chi connectivity index (χ2n) is 4.86. The van der Waals surface area contributed by atoms with Crippen molar-refractivity contribution in [1.82, 2.24) is 9.78 Å². The summed E-state index contributed by atoms with van der Waals surface area (Å²) in [6, 6.07) is 4.89. The molecule has 0 saturated carbocycles. The molecule has 2 rings (SSSR count). The number of anilines is 1. The Kier molecular flexibility index (Phi) is 6.45. The summed E-state index contributed by atoms with van der Waals surface area (Å²) in [6.07, 6.45) is 3.41. The summed E-state index contributed by atoms with van der Waals surface area (Å²) in [4.78, 5) is 22.2. The van der Waals surface area contributed by atoms with E-state index in [2.05, 4.69) is 10.4 Å². The van der Waals surface area contributed by atoms with Gasteiger partial charge in [0.2, 0.25) is 0 Å². The number of hydrogen-bond donors (Lipinski definition) is 1. The molecule has 9 heteroatoms. The van der Waals surface area contributed by atoms with E-state index in [9.17, 15) is 14.7 Å². The summed E-state index contributed by atoms with van der Waals surface area (Å²) < 4.78 is 6.86. The molecule has 1 aromatic carbocycles. The first-order chi connectivity index (χ1) is 11.5. The number of aryl methyl sites for hydroxylation is 1. The van der Waals surface area contributed by atoms with Crippen molar-refractivity contribution in [2.45, 2.75) is 19.4 Å². The normalized spacial score (nSPS) is 10.4. The molecule has 0 aliphatic heterocycles. The molecule has 0 saturated heterocycles. The summed E-state index contributed by atoms with van der Waals surface area (Å²) >= 11 is 11.8. The third-order valence-electron chi connectivity index (χ3n) is 2.96. The zero-order valence-electron chi connectivity index (χ0n) is 12.5. The number of nitrogens with one attached hydrogen (secondary N) is 1. The third kappa shape index (κ3) is 5.43. The number of ether oxygens (including phenoxy) is 1. The highest BCUT2D eigenvalue weighted by Gasteiger charge is 2.09. The number of benzene rings is 1. The summed E-state index contributed by atoms with van der Waals surface area (Å²) in [5.41, 5.74) is 0.481. The van der Waals surface area contributed by atoms with Gasteiger partial charge in [-0.2, -0.15) is 5.10 Å². The Morgan fingerprint density at radius 3 is 2.88 bits per heavy atom. The van der Waals surface area contributed by atoms with E-state index < -0.39 is 5.97 Å².